The Balaban J connectivity index is 2.02. The number of amides is 1. The molecule has 0 unspecified atom stereocenters. The Morgan fingerprint density at radius 3 is 2.53 bits per heavy atom. The van der Waals surface area contributed by atoms with Crippen LogP contribution in [0.5, 0.6) is 0 Å². The number of hydrogen-bond donors (Lipinski definition) is 1. The largest absolute Gasteiger partial charge is 0.352 e. The Morgan fingerprint density at radius 1 is 1.37 bits per heavy atom. The number of hydrogen-bond acceptors (Lipinski definition) is 4. The molecule has 1 amide bonds. The number of rotatable bonds is 2. The van der Waals surface area contributed by atoms with Gasteiger partial charge in [-0.15, -0.1) is 0 Å². The minimum absolute atomic E-state index is 0.0187. The number of anilines is 1. The lowest BCUT2D eigenvalue weighted by molar-refractivity contribution is -0.132. The van der Waals surface area contributed by atoms with E-state index in [4.69, 9.17) is 28.9 Å². The molecule has 1 aliphatic rings. The minimum atomic E-state index is -0.455. The maximum atomic E-state index is 11.8. The number of aromatic nitrogens is 1. The summed E-state index contributed by atoms with van der Waals surface area (Å²) in [6, 6.07) is 1.22. The molecule has 104 valence electrons. The first-order chi connectivity index (χ1) is 8.99. The molecule has 0 aromatic carbocycles. The van der Waals surface area contributed by atoms with E-state index in [1.165, 1.54) is 0 Å². The molecule has 1 aromatic heterocycles. The molecule has 1 aromatic rings. The summed E-state index contributed by atoms with van der Waals surface area (Å²) in [6.45, 7) is 4.33. The van der Waals surface area contributed by atoms with Crippen LogP contribution in [0.4, 0.5) is 5.82 Å². The number of piperazine rings is 1. The van der Waals surface area contributed by atoms with Crippen molar-refractivity contribution in [3.05, 3.63) is 22.3 Å². The Kier molecular flexibility index (Phi) is 4.50. The first-order valence-electron chi connectivity index (χ1n) is 6.09. The molecule has 1 saturated heterocycles. The highest BCUT2D eigenvalue weighted by Gasteiger charge is 2.24. The van der Waals surface area contributed by atoms with Crippen molar-refractivity contribution >= 4 is 34.9 Å². The number of halogens is 2. The van der Waals surface area contributed by atoms with Crippen molar-refractivity contribution in [2.24, 2.45) is 5.73 Å². The highest BCUT2D eigenvalue weighted by Crippen LogP contribution is 2.26. The summed E-state index contributed by atoms with van der Waals surface area (Å²) in [7, 11) is 0. The van der Waals surface area contributed by atoms with E-state index in [0.717, 1.165) is 0 Å². The van der Waals surface area contributed by atoms with Crippen LogP contribution in [0, 0.1) is 0 Å². The lowest BCUT2D eigenvalue weighted by atomic mass is 10.2. The van der Waals surface area contributed by atoms with Gasteiger partial charge in [-0.25, -0.2) is 4.98 Å². The van der Waals surface area contributed by atoms with Crippen LogP contribution in [0.15, 0.2) is 12.3 Å². The molecular weight excluding hydrogens is 287 g/mol. The predicted octanol–water partition coefficient (Wildman–Crippen LogP) is 1.38. The molecule has 0 saturated carbocycles. The van der Waals surface area contributed by atoms with Gasteiger partial charge in [-0.3, -0.25) is 4.79 Å². The fraction of sp³-hybridized carbons (Fsp3) is 0.500. The van der Waals surface area contributed by atoms with E-state index in [-0.39, 0.29) is 5.91 Å². The van der Waals surface area contributed by atoms with Gasteiger partial charge in [-0.2, -0.15) is 0 Å². The van der Waals surface area contributed by atoms with Gasteiger partial charge in [0, 0.05) is 32.4 Å². The second-order valence-corrected chi connectivity index (χ2v) is 5.40. The van der Waals surface area contributed by atoms with E-state index in [9.17, 15) is 4.79 Å². The van der Waals surface area contributed by atoms with Crippen LogP contribution in [0.1, 0.15) is 6.92 Å². The van der Waals surface area contributed by atoms with Crippen LogP contribution in [-0.4, -0.2) is 48.0 Å². The standard InChI is InChI=1S/C12H16Cl2N4O/c1-8(15)12(19)18-4-2-17(3-5-18)11-10(14)6-9(13)7-16-11/h6-8H,2-5,15H2,1H3/t8-/m0/s1. The maximum Gasteiger partial charge on any atom is 0.239 e. The number of pyridine rings is 1. The Morgan fingerprint density at radius 2 is 2.00 bits per heavy atom. The molecule has 19 heavy (non-hydrogen) atoms. The zero-order valence-electron chi connectivity index (χ0n) is 10.6. The lowest BCUT2D eigenvalue weighted by Gasteiger charge is -2.36. The Labute approximate surface area is 122 Å². The maximum absolute atomic E-state index is 11.8. The van der Waals surface area contributed by atoms with Gasteiger partial charge in [0.05, 0.1) is 16.1 Å². The zero-order valence-corrected chi connectivity index (χ0v) is 12.2. The molecule has 1 aliphatic heterocycles. The third-order valence-corrected chi connectivity index (χ3v) is 3.55. The van der Waals surface area contributed by atoms with Crippen molar-refractivity contribution in [2.45, 2.75) is 13.0 Å². The SMILES string of the molecule is C[C@H](N)C(=O)N1CCN(c2ncc(Cl)cc2Cl)CC1. The summed E-state index contributed by atoms with van der Waals surface area (Å²) >= 11 is 11.9. The summed E-state index contributed by atoms with van der Waals surface area (Å²) in [4.78, 5) is 19.8. The topological polar surface area (TPSA) is 62.5 Å². The van der Waals surface area contributed by atoms with E-state index in [1.807, 2.05) is 4.90 Å². The van der Waals surface area contributed by atoms with Crippen molar-refractivity contribution < 1.29 is 4.79 Å². The Hall–Kier alpha value is -1.04. The van der Waals surface area contributed by atoms with Crippen LogP contribution in [-0.2, 0) is 4.79 Å². The van der Waals surface area contributed by atoms with Crippen molar-refractivity contribution in [1.82, 2.24) is 9.88 Å². The van der Waals surface area contributed by atoms with Gasteiger partial charge in [-0.1, -0.05) is 23.2 Å². The van der Waals surface area contributed by atoms with Crippen LogP contribution < -0.4 is 10.6 Å². The van der Waals surface area contributed by atoms with Gasteiger partial charge in [0.25, 0.3) is 0 Å². The number of carbonyl (C=O) groups is 1. The van der Waals surface area contributed by atoms with Gasteiger partial charge in [0.2, 0.25) is 5.91 Å². The molecule has 0 bridgehead atoms. The minimum Gasteiger partial charge on any atom is -0.352 e. The molecule has 2 heterocycles. The third kappa shape index (κ3) is 3.29. The zero-order chi connectivity index (χ0) is 14.0. The summed E-state index contributed by atoms with van der Waals surface area (Å²) < 4.78 is 0. The normalized spacial score (nSPS) is 17.5. The third-order valence-electron chi connectivity index (χ3n) is 3.07. The number of carbonyl (C=O) groups excluding carboxylic acids is 1. The number of nitrogens with two attached hydrogens (primary N) is 1. The van der Waals surface area contributed by atoms with E-state index >= 15 is 0 Å². The van der Waals surface area contributed by atoms with E-state index in [0.29, 0.717) is 42.0 Å². The molecule has 2 rings (SSSR count). The van der Waals surface area contributed by atoms with Crippen molar-refractivity contribution in [3.63, 3.8) is 0 Å². The van der Waals surface area contributed by atoms with Crippen molar-refractivity contribution in [1.29, 1.82) is 0 Å². The molecule has 0 radical (unpaired) electrons. The first kappa shape index (κ1) is 14.4. The summed E-state index contributed by atoms with van der Waals surface area (Å²) in [6.07, 6.45) is 1.57. The van der Waals surface area contributed by atoms with Crippen LogP contribution in [0.3, 0.4) is 0 Å². The highest BCUT2D eigenvalue weighted by molar-refractivity contribution is 6.36. The lowest BCUT2D eigenvalue weighted by Crippen LogP contribution is -2.52. The van der Waals surface area contributed by atoms with Gasteiger partial charge in [0.15, 0.2) is 0 Å². The quantitative estimate of drug-likeness (QED) is 0.896. The van der Waals surface area contributed by atoms with Gasteiger partial charge in [0.1, 0.15) is 5.82 Å². The molecule has 7 heteroatoms. The predicted molar refractivity (Wildman–Crippen MR) is 76.7 cm³/mol. The second kappa shape index (κ2) is 5.94. The summed E-state index contributed by atoms with van der Waals surface area (Å²) in [5.41, 5.74) is 5.60. The highest BCUT2D eigenvalue weighted by atomic mass is 35.5. The molecule has 0 aliphatic carbocycles. The van der Waals surface area contributed by atoms with E-state index < -0.39 is 6.04 Å². The second-order valence-electron chi connectivity index (χ2n) is 4.56. The van der Waals surface area contributed by atoms with Crippen molar-refractivity contribution in [2.75, 3.05) is 31.1 Å². The van der Waals surface area contributed by atoms with E-state index in [2.05, 4.69) is 4.98 Å². The molecule has 0 spiro atoms. The van der Waals surface area contributed by atoms with Crippen LogP contribution in [0.2, 0.25) is 10.0 Å². The van der Waals surface area contributed by atoms with Gasteiger partial charge in [-0.05, 0) is 13.0 Å². The fourth-order valence-electron chi connectivity index (χ4n) is 2.07. The van der Waals surface area contributed by atoms with Gasteiger partial charge >= 0.3 is 0 Å². The van der Waals surface area contributed by atoms with Crippen molar-refractivity contribution in [3.8, 4) is 0 Å². The molecule has 2 N–H and O–H groups in total. The molecule has 1 atom stereocenters. The summed E-state index contributed by atoms with van der Waals surface area (Å²) in [5, 5.41) is 1.04. The smallest absolute Gasteiger partial charge is 0.239 e. The molecular formula is C12H16Cl2N4O. The molecule has 1 fully saturated rings. The average Bonchev–Trinajstić information content (AvgIpc) is 2.38. The fourth-order valence-corrected chi connectivity index (χ4v) is 2.57. The average molecular weight is 303 g/mol. The number of nitrogens with zero attached hydrogens (tertiary/aromatic N) is 3. The van der Waals surface area contributed by atoms with Gasteiger partial charge < -0.3 is 15.5 Å². The monoisotopic (exact) mass is 302 g/mol. The van der Waals surface area contributed by atoms with E-state index in [1.54, 1.807) is 24.1 Å². The first-order valence-corrected chi connectivity index (χ1v) is 6.85. The Bertz CT molecular complexity index is 473. The van der Waals surface area contributed by atoms with Crippen LogP contribution in [0.25, 0.3) is 0 Å². The molecule has 5 nitrogen and oxygen atoms in total. The van der Waals surface area contributed by atoms with Crippen LogP contribution >= 0.6 is 23.2 Å². The summed E-state index contributed by atoms with van der Waals surface area (Å²) in [5.74, 6) is 0.689.